The number of carboxylic acid groups (broad SMARTS) is 1. The molecule has 1 aliphatic heterocycles. The molecule has 0 bridgehead atoms. The van der Waals surface area contributed by atoms with E-state index in [2.05, 4.69) is 11.9 Å². The van der Waals surface area contributed by atoms with E-state index in [9.17, 15) is 14.4 Å². The summed E-state index contributed by atoms with van der Waals surface area (Å²) in [7, 11) is 0. The van der Waals surface area contributed by atoms with Gasteiger partial charge in [0.05, 0.1) is 0 Å². The smallest absolute Gasteiger partial charge is 0.341 e. The summed E-state index contributed by atoms with van der Waals surface area (Å²) in [5.41, 5.74) is 0.845. The summed E-state index contributed by atoms with van der Waals surface area (Å²) in [6, 6.07) is 5.98. The van der Waals surface area contributed by atoms with Gasteiger partial charge in [-0.25, -0.2) is 9.59 Å². The van der Waals surface area contributed by atoms with Crippen LogP contribution in [-0.2, 0) is 9.59 Å². The van der Waals surface area contributed by atoms with E-state index in [1.807, 2.05) is 0 Å². The fourth-order valence-electron chi connectivity index (χ4n) is 1.84. The van der Waals surface area contributed by atoms with Crippen LogP contribution >= 0.6 is 0 Å². The highest BCUT2D eigenvalue weighted by Crippen LogP contribution is 2.17. The molecule has 1 fully saturated rings. The Balaban J connectivity index is 2.09. The van der Waals surface area contributed by atoms with E-state index in [0.29, 0.717) is 11.3 Å². The minimum atomic E-state index is -1.06. The largest absolute Gasteiger partial charge is 0.482 e. The molecule has 1 saturated heterocycles. The Morgan fingerprint density at radius 1 is 1.32 bits per heavy atom. The molecule has 0 saturated carbocycles. The SMILES string of the molecule is C=CCN1C(=O)N/C(=C/c2ccc(OCC(=O)O)cc2)C1=O. The molecule has 1 heterocycles. The predicted octanol–water partition coefficient (Wildman–Crippen LogP) is 1.23. The molecule has 0 radical (unpaired) electrons. The number of ether oxygens (including phenoxy) is 1. The van der Waals surface area contributed by atoms with Crippen molar-refractivity contribution in [2.24, 2.45) is 0 Å². The monoisotopic (exact) mass is 302 g/mol. The molecule has 0 aliphatic carbocycles. The van der Waals surface area contributed by atoms with Crippen molar-refractivity contribution < 1.29 is 24.2 Å². The first-order valence-electron chi connectivity index (χ1n) is 6.41. The van der Waals surface area contributed by atoms with E-state index in [0.717, 1.165) is 4.90 Å². The lowest BCUT2D eigenvalue weighted by atomic mass is 10.2. The lowest BCUT2D eigenvalue weighted by molar-refractivity contribution is -0.139. The lowest BCUT2D eigenvalue weighted by Crippen LogP contribution is -2.30. The van der Waals surface area contributed by atoms with E-state index < -0.39 is 24.5 Å². The van der Waals surface area contributed by atoms with Crippen molar-refractivity contribution in [3.05, 3.63) is 48.2 Å². The van der Waals surface area contributed by atoms with Gasteiger partial charge in [-0.3, -0.25) is 9.69 Å². The van der Waals surface area contributed by atoms with E-state index in [-0.39, 0.29) is 12.2 Å². The van der Waals surface area contributed by atoms with Gasteiger partial charge in [0.2, 0.25) is 0 Å². The number of benzene rings is 1. The minimum absolute atomic E-state index is 0.143. The number of hydrogen-bond acceptors (Lipinski definition) is 4. The molecule has 7 heteroatoms. The Kier molecular flexibility index (Phi) is 4.57. The zero-order valence-corrected chi connectivity index (χ0v) is 11.6. The average molecular weight is 302 g/mol. The molecule has 1 aromatic carbocycles. The molecular formula is C15H14N2O5. The Morgan fingerprint density at radius 3 is 2.59 bits per heavy atom. The van der Waals surface area contributed by atoms with E-state index in [1.165, 1.54) is 12.2 Å². The predicted molar refractivity (Wildman–Crippen MR) is 78.0 cm³/mol. The second-order valence-electron chi connectivity index (χ2n) is 4.44. The first kappa shape index (κ1) is 15.3. The van der Waals surface area contributed by atoms with E-state index in [1.54, 1.807) is 24.3 Å². The van der Waals surface area contributed by atoms with Crippen LogP contribution in [0.4, 0.5) is 4.79 Å². The third-order valence-corrected chi connectivity index (χ3v) is 2.83. The molecule has 114 valence electrons. The fourth-order valence-corrected chi connectivity index (χ4v) is 1.84. The van der Waals surface area contributed by atoms with Gasteiger partial charge in [-0.15, -0.1) is 6.58 Å². The number of hydrogen-bond donors (Lipinski definition) is 2. The zero-order valence-electron chi connectivity index (χ0n) is 11.6. The summed E-state index contributed by atoms with van der Waals surface area (Å²) in [6.45, 7) is 3.21. The highest BCUT2D eigenvalue weighted by atomic mass is 16.5. The van der Waals surface area contributed by atoms with Gasteiger partial charge in [-0.1, -0.05) is 18.2 Å². The van der Waals surface area contributed by atoms with Gasteiger partial charge in [-0.05, 0) is 23.8 Å². The highest BCUT2D eigenvalue weighted by Gasteiger charge is 2.32. The average Bonchev–Trinajstić information content (AvgIpc) is 2.74. The van der Waals surface area contributed by atoms with Gasteiger partial charge >= 0.3 is 12.0 Å². The van der Waals surface area contributed by atoms with Gasteiger partial charge in [0.15, 0.2) is 6.61 Å². The number of amides is 3. The number of imide groups is 1. The van der Waals surface area contributed by atoms with Crippen LogP contribution in [0, 0.1) is 0 Å². The Morgan fingerprint density at radius 2 is 2.00 bits per heavy atom. The number of nitrogens with one attached hydrogen (secondary N) is 1. The minimum Gasteiger partial charge on any atom is -0.482 e. The standard InChI is InChI=1S/C15H14N2O5/c1-2-7-17-14(20)12(16-15(17)21)8-10-3-5-11(6-4-10)22-9-13(18)19/h2-6,8H,1,7,9H2,(H,16,21)(H,18,19)/b12-8+. The number of rotatable bonds is 6. The van der Waals surface area contributed by atoms with Crippen LogP contribution in [0.5, 0.6) is 5.75 Å². The number of carbonyl (C=O) groups excluding carboxylic acids is 2. The van der Waals surface area contributed by atoms with Crippen LogP contribution in [-0.4, -0.2) is 41.1 Å². The Bertz CT molecular complexity index is 648. The van der Waals surface area contributed by atoms with Gasteiger partial charge in [0.25, 0.3) is 5.91 Å². The lowest BCUT2D eigenvalue weighted by Gasteiger charge is -2.06. The van der Waals surface area contributed by atoms with Crippen molar-refractivity contribution in [3.8, 4) is 5.75 Å². The summed E-state index contributed by atoms with van der Waals surface area (Å²) < 4.78 is 5.00. The van der Waals surface area contributed by atoms with Crippen molar-refractivity contribution in [1.29, 1.82) is 0 Å². The molecule has 22 heavy (non-hydrogen) atoms. The summed E-state index contributed by atoms with van der Waals surface area (Å²) >= 11 is 0. The number of urea groups is 1. The third-order valence-electron chi connectivity index (χ3n) is 2.83. The molecule has 1 aromatic rings. The Labute approximate surface area is 126 Å². The molecule has 0 spiro atoms. The maximum absolute atomic E-state index is 12.0. The second-order valence-corrected chi connectivity index (χ2v) is 4.44. The zero-order chi connectivity index (χ0) is 16.1. The Hall–Kier alpha value is -3.09. The number of carboxylic acids is 1. The van der Waals surface area contributed by atoms with Crippen LogP contribution in [0.2, 0.25) is 0 Å². The van der Waals surface area contributed by atoms with Crippen molar-refractivity contribution in [1.82, 2.24) is 10.2 Å². The van der Waals surface area contributed by atoms with Gasteiger partial charge < -0.3 is 15.2 Å². The topological polar surface area (TPSA) is 95.9 Å². The van der Waals surface area contributed by atoms with Crippen LogP contribution < -0.4 is 10.1 Å². The van der Waals surface area contributed by atoms with Crippen molar-refractivity contribution in [2.45, 2.75) is 0 Å². The van der Waals surface area contributed by atoms with Crippen LogP contribution in [0.15, 0.2) is 42.6 Å². The molecule has 2 N–H and O–H groups in total. The molecule has 7 nitrogen and oxygen atoms in total. The van der Waals surface area contributed by atoms with E-state index in [4.69, 9.17) is 9.84 Å². The van der Waals surface area contributed by atoms with Gasteiger partial charge in [0, 0.05) is 6.54 Å². The summed E-state index contributed by atoms with van der Waals surface area (Å²) in [4.78, 5) is 35.0. The van der Waals surface area contributed by atoms with Crippen molar-refractivity contribution in [2.75, 3.05) is 13.2 Å². The summed E-state index contributed by atoms with van der Waals surface area (Å²) in [5, 5.41) is 11.0. The van der Waals surface area contributed by atoms with Crippen molar-refractivity contribution >= 4 is 24.0 Å². The maximum Gasteiger partial charge on any atom is 0.341 e. The highest BCUT2D eigenvalue weighted by molar-refractivity contribution is 6.14. The quantitative estimate of drug-likeness (QED) is 0.468. The molecule has 0 unspecified atom stereocenters. The van der Waals surface area contributed by atoms with Crippen molar-refractivity contribution in [3.63, 3.8) is 0 Å². The number of aliphatic carboxylic acids is 1. The fraction of sp³-hybridized carbons (Fsp3) is 0.133. The van der Waals surface area contributed by atoms with Crippen LogP contribution in [0.25, 0.3) is 6.08 Å². The molecule has 0 atom stereocenters. The molecule has 2 rings (SSSR count). The first-order valence-corrected chi connectivity index (χ1v) is 6.41. The van der Waals surface area contributed by atoms with Gasteiger partial charge in [0.1, 0.15) is 11.4 Å². The second kappa shape index (κ2) is 6.57. The van der Waals surface area contributed by atoms with Crippen LogP contribution in [0.1, 0.15) is 5.56 Å². The first-order chi connectivity index (χ1) is 10.5. The third kappa shape index (κ3) is 3.51. The van der Waals surface area contributed by atoms with Crippen LogP contribution in [0.3, 0.4) is 0 Å². The molecule has 0 aromatic heterocycles. The normalized spacial score (nSPS) is 15.8. The maximum atomic E-state index is 12.0. The molecule has 3 amide bonds. The van der Waals surface area contributed by atoms with Gasteiger partial charge in [-0.2, -0.15) is 0 Å². The summed E-state index contributed by atoms with van der Waals surface area (Å²) in [6.07, 6.45) is 3.00. The summed E-state index contributed by atoms with van der Waals surface area (Å²) in [5.74, 6) is -1.08. The van der Waals surface area contributed by atoms with E-state index >= 15 is 0 Å². The number of nitrogens with zero attached hydrogens (tertiary/aromatic N) is 1. The number of carbonyl (C=O) groups is 3. The molecule has 1 aliphatic rings. The molecular weight excluding hydrogens is 288 g/mol.